The Labute approximate surface area is 185 Å². The highest BCUT2D eigenvalue weighted by molar-refractivity contribution is 6.30. The molecule has 162 valence electrons. The van der Waals surface area contributed by atoms with Crippen LogP contribution in [0.3, 0.4) is 0 Å². The number of nitrogens with one attached hydrogen (secondary N) is 2. The first-order valence-corrected chi connectivity index (χ1v) is 10.8. The number of para-hydroxylation sites is 2. The number of benzene rings is 2. The Bertz CT molecular complexity index is 1070. The van der Waals surface area contributed by atoms with E-state index in [2.05, 4.69) is 15.6 Å². The van der Waals surface area contributed by atoms with Crippen molar-refractivity contribution in [2.24, 2.45) is 0 Å². The van der Waals surface area contributed by atoms with Crippen LogP contribution in [0.1, 0.15) is 42.0 Å². The molecule has 2 amide bonds. The zero-order valence-corrected chi connectivity index (χ0v) is 18.1. The van der Waals surface area contributed by atoms with Crippen LogP contribution in [0.4, 0.5) is 0 Å². The summed E-state index contributed by atoms with van der Waals surface area (Å²) in [5, 5.41) is 6.49. The molecule has 0 saturated carbocycles. The number of nitrogens with zero attached hydrogens (tertiary/aromatic N) is 2. The summed E-state index contributed by atoms with van der Waals surface area (Å²) in [6.07, 6.45) is 2.08. The normalized spacial score (nSPS) is 16.9. The van der Waals surface area contributed by atoms with E-state index in [9.17, 15) is 9.59 Å². The van der Waals surface area contributed by atoms with Crippen LogP contribution in [0.15, 0.2) is 48.5 Å². The molecule has 2 N–H and O–H groups in total. The van der Waals surface area contributed by atoms with Gasteiger partial charge in [-0.05, 0) is 56.2 Å². The number of amides is 2. The molecule has 1 fully saturated rings. The van der Waals surface area contributed by atoms with Crippen molar-refractivity contribution in [3.63, 3.8) is 0 Å². The summed E-state index contributed by atoms with van der Waals surface area (Å²) >= 11 is 5.91. The van der Waals surface area contributed by atoms with Crippen molar-refractivity contribution in [2.75, 3.05) is 13.2 Å². The summed E-state index contributed by atoms with van der Waals surface area (Å²) in [5.41, 5.74) is 2.13. The van der Waals surface area contributed by atoms with Crippen LogP contribution in [0.5, 0.6) is 0 Å². The largest absolute Gasteiger partial charge is 0.376 e. The average molecular weight is 441 g/mol. The molecule has 8 heteroatoms. The third-order valence-electron chi connectivity index (χ3n) is 5.38. The number of imidazole rings is 1. The predicted molar refractivity (Wildman–Crippen MR) is 119 cm³/mol. The number of fused-ring (bicyclic) bond motifs is 1. The van der Waals surface area contributed by atoms with Crippen LogP contribution < -0.4 is 10.6 Å². The summed E-state index contributed by atoms with van der Waals surface area (Å²) in [5.74, 6) is 0.275. The highest BCUT2D eigenvalue weighted by atomic mass is 35.5. The van der Waals surface area contributed by atoms with E-state index in [0.717, 1.165) is 30.5 Å². The first-order chi connectivity index (χ1) is 15.0. The number of carbonyl (C=O) groups is 2. The molecule has 0 radical (unpaired) electrons. The van der Waals surface area contributed by atoms with E-state index < -0.39 is 6.04 Å². The minimum absolute atomic E-state index is 0.0838. The molecule has 2 atom stereocenters. The molecule has 4 rings (SSSR count). The molecule has 2 aromatic carbocycles. The lowest BCUT2D eigenvalue weighted by Crippen LogP contribution is -2.35. The lowest BCUT2D eigenvalue weighted by molar-refractivity contribution is -0.122. The second-order valence-corrected chi connectivity index (χ2v) is 8.12. The van der Waals surface area contributed by atoms with Gasteiger partial charge in [0, 0.05) is 23.7 Å². The highest BCUT2D eigenvalue weighted by Gasteiger charge is 2.21. The molecule has 1 aliphatic rings. The molecule has 1 saturated heterocycles. The van der Waals surface area contributed by atoms with Gasteiger partial charge in [-0.15, -0.1) is 0 Å². The zero-order valence-electron chi connectivity index (χ0n) is 17.3. The molecule has 1 aliphatic heterocycles. The summed E-state index contributed by atoms with van der Waals surface area (Å²) < 4.78 is 7.43. The van der Waals surface area contributed by atoms with Gasteiger partial charge in [0.05, 0.1) is 23.2 Å². The fourth-order valence-electron chi connectivity index (χ4n) is 3.77. The molecule has 7 nitrogen and oxygen atoms in total. The van der Waals surface area contributed by atoms with E-state index >= 15 is 0 Å². The number of carbonyl (C=O) groups excluding carboxylic acids is 2. The number of rotatable bonds is 7. The van der Waals surface area contributed by atoms with E-state index in [4.69, 9.17) is 16.3 Å². The smallest absolute Gasteiger partial charge is 0.251 e. The number of aromatic nitrogens is 2. The zero-order chi connectivity index (χ0) is 21.8. The Morgan fingerprint density at radius 1 is 1.23 bits per heavy atom. The molecule has 3 aromatic rings. The average Bonchev–Trinajstić information content (AvgIpc) is 3.41. The Kier molecular flexibility index (Phi) is 6.53. The van der Waals surface area contributed by atoms with E-state index in [1.54, 1.807) is 24.3 Å². The fraction of sp³-hybridized carbons (Fsp3) is 0.348. The van der Waals surface area contributed by atoms with E-state index in [0.29, 0.717) is 23.0 Å². The summed E-state index contributed by atoms with van der Waals surface area (Å²) in [7, 11) is 0. The summed E-state index contributed by atoms with van der Waals surface area (Å²) in [4.78, 5) is 30.0. The fourth-order valence-corrected chi connectivity index (χ4v) is 3.90. The molecule has 2 heterocycles. The second-order valence-electron chi connectivity index (χ2n) is 7.69. The number of hydrogen-bond donors (Lipinski definition) is 2. The molecule has 0 bridgehead atoms. The Hall–Kier alpha value is -2.90. The monoisotopic (exact) mass is 440 g/mol. The van der Waals surface area contributed by atoms with Gasteiger partial charge >= 0.3 is 0 Å². The van der Waals surface area contributed by atoms with E-state index in [1.807, 2.05) is 35.8 Å². The van der Waals surface area contributed by atoms with Crippen LogP contribution in [0, 0.1) is 0 Å². The van der Waals surface area contributed by atoms with Crippen molar-refractivity contribution >= 4 is 34.4 Å². The lowest BCUT2D eigenvalue weighted by atomic mass is 10.2. The van der Waals surface area contributed by atoms with Crippen LogP contribution in [0.2, 0.25) is 5.02 Å². The quantitative estimate of drug-likeness (QED) is 0.589. The van der Waals surface area contributed by atoms with Crippen molar-refractivity contribution in [1.82, 2.24) is 20.2 Å². The van der Waals surface area contributed by atoms with Crippen LogP contribution >= 0.6 is 11.6 Å². The van der Waals surface area contributed by atoms with Crippen molar-refractivity contribution in [3.8, 4) is 0 Å². The second kappa shape index (κ2) is 9.49. The maximum atomic E-state index is 12.7. The number of ether oxygens (including phenoxy) is 1. The molecular weight excluding hydrogens is 416 g/mol. The lowest BCUT2D eigenvalue weighted by Gasteiger charge is -2.17. The standard InChI is InChI=1S/C23H25ClN4O3/c1-15(26-23(30)16-8-10-17(24)11-9-16)22-27-19-6-2-3-7-20(19)28(22)14-21(29)25-13-18-5-4-12-31-18/h2-3,6-11,15,18H,4-5,12-14H2,1H3,(H,25,29)(H,26,30). The summed E-state index contributed by atoms with van der Waals surface area (Å²) in [6, 6.07) is 13.9. The van der Waals surface area contributed by atoms with Gasteiger partial charge in [-0.3, -0.25) is 9.59 Å². The first-order valence-electron chi connectivity index (χ1n) is 10.4. The first kappa shape index (κ1) is 21.3. The van der Waals surface area contributed by atoms with Gasteiger partial charge < -0.3 is 19.9 Å². The highest BCUT2D eigenvalue weighted by Crippen LogP contribution is 2.21. The van der Waals surface area contributed by atoms with Gasteiger partial charge in [-0.25, -0.2) is 4.98 Å². The molecule has 2 unspecified atom stereocenters. The molecule has 0 spiro atoms. The maximum Gasteiger partial charge on any atom is 0.251 e. The van der Waals surface area contributed by atoms with E-state index in [-0.39, 0.29) is 24.5 Å². The number of hydrogen-bond acceptors (Lipinski definition) is 4. The van der Waals surface area contributed by atoms with Gasteiger partial charge in [0.2, 0.25) is 5.91 Å². The van der Waals surface area contributed by atoms with Crippen LogP contribution in [-0.4, -0.2) is 40.6 Å². The van der Waals surface area contributed by atoms with Crippen molar-refractivity contribution in [2.45, 2.75) is 38.5 Å². The minimum Gasteiger partial charge on any atom is -0.376 e. The third-order valence-corrected chi connectivity index (χ3v) is 5.63. The topological polar surface area (TPSA) is 85.2 Å². The Morgan fingerprint density at radius 2 is 2.00 bits per heavy atom. The van der Waals surface area contributed by atoms with Crippen LogP contribution in [-0.2, 0) is 16.1 Å². The van der Waals surface area contributed by atoms with Gasteiger partial charge in [0.25, 0.3) is 5.91 Å². The molecule has 31 heavy (non-hydrogen) atoms. The third kappa shape index (κ3) is 5.06. The van der Waals surface area contributed by atoms with E-state index in [1.165, 1.54) is 0 Å². The van der Waals surface area contributed by atoms with Crippen LogP contribution in [0.25, 0.3) is 11.0 Å². The minimum atomic E-state index is -0.401. The van der Waals surface area contributed by atoms with Gasteiger partial charge in [0.15, 0.2) is 0 Å². The number of halogens is 1. The molecule has 1 aromatic heterocycles. The van der Waals surface area contributed by atoms with Gasteiger partial charge in [-0.1, -0.05) is 23.7 Å². The Balaban J connectivity index is 1.51. The SMILES string of the molecule is CC(NC(=O)c1ccc(Cl)cc1)c1nc2ccccc2n1CC(=O)NCC1CCCO1. The predicted octanol–water partition coefficient (Wildman–Crippen LogP) is 3.48. The van der Waals surface area contributed by atoms with Crippen molar-refractivity contribution in [1.29, 1.82) is 0 Å². The van der Waals surface area contributed by atoms with Gasteiger partial charge in [0.1, 0.15) is 12.4 Å². The molecular formula is C23H25ClN4O3. The maximum absolute atomic E-state index is 12.7. The molecule has 0 aliphatic carbocycles. The Morgan fingerprint density at radius 3 is 2.74 bits per heavy atom. The van der Waals surface area contributed by atoms with Gasteiger partial charge in [-0.2, -0.15) is 0 Å². The summed E-state index contributed by atoms with van der Waals surface area (Å²) in [6.45, 7) is 3.23. The van der Waals surface area contributed by atoms with Crippen molar-refractivity contribution in [3.05, 3.63) is 64.9 Å². The van der Waals surface area contributed by atoms with Crippen molar-refractivity contribution < 1.29 is 14.3 Å².